The van der Waals surface area contributed by atoms with E-state index >= 15 is 0 Å². The van der Waals surface area contributed by atoms with Gasteiger partial charge in [-0.05, 0) is 18.6 Å². The summed E-state index contributed by atoms with van der Waals surface area (Å²) in [4.78, 5) is 4.06. The van der Waals surface area contributed by atoms with Crippen LogP contribution in [-0.2, 0) is 10.0 Å². The van der Waals surface area contributed by atoms with Gasteiger partial charge in [0.1, 0.15) is 5.65 Å². The van der Waals surface area contributed by atoms with Crippen molar-refractivity contribution >= 4 is 27.3 Å². The van der Waals surface area contributed by atoms with E-state index in [0.29, 0.717) is 12.2 Å². The predicted molar refractivity (Wildman–Crippen MR) is 74.9 cm³/mol. The molecule has 0 bridgehead atoms. The van der Waals surface area contributed by atoms with E-state index in [0.717, 1.165) is 12.8 Å². The van der Waals surface area contributed by atoms with Crippen molar-refractivity contribution in [2.24, 2.45) is 0 Å². The number of sulfonamides is 1. The molecule has 0 saturated carbocycles. The Morgan fingerprint density at radius 3 is 2.84 bits per heavy atom. The molecule has 0 radical (unpaired) electrons. The van der Waals surface area contributed by atoms with Crippen LogP contribution in [0.4, 0.5) is 0 Å². The van der Waals surface area contributed by atoms with Crippen LogP contribution in [0.15, 0.2) is 29.4 Å². The molecule has 0 unspecified atom stereocenters. The lowest BCUT2D eigenvalue weighted by atomic mass is 10.3. The Morgan fingerprint density at radius 1 is 1.42 bits per heavy atom. The van der Waals surface area contributed by atoms with E-state index in [2.05, 4.69) is 4.98 Å². The third-order valence-electron chi connectivity index (χ3n) is 2.93. The quantitative estimate of drug-likeness (QED) is 0.852. The maximum absolute atomic E-state index is 12.5. The summed E-state index contributed by atoms with van der Waals surface area (Å²) < 4.78 is 27.8. The highest BCUT2D eigenvalue weighted by atomic mass is 35.5. The fraction of sp³-hybridized carbons (Fsp3) is 0.417. The highest BCUT2D eigenvalue weighted by molar-refractivity contribution is 7.89. The Balaban J connectivity index is 2.51. The number of halogens is 1. The SMILES string of the molecule is CCCCN(C)S(=O)(=O)c1c(Cl)nc2ccccn12. The summed E-state index contributed by atoms with van der Waals surface area (Å²) in [5.41, 5.74) is 0.523. The summed E-state index contributed by atoms with van der Waals surface area (Å²) in [6.45, 7) is 2.48. The van der Waals surface area contributed by atoms with E-state index in [1.165, 1.54) is 8.71 Å². The third-order valence-corrected chi connectivity index (χ3v) is 5.19. The zero-order valence-electron chi connectivity index (χ0n) is 10.9. The largest absolute Gasteiger partial charge is 0.288 e. The second kappa shape index (κ2) is 5.48. The second-order valence-electron chi connectivity index (χ2n) is 4.32. The van der Waals surface area contributed by atoms with Crippen molar-refractivity contribution in [1.29, 1.82) is 0 Å². The van der Waals surface area contributed by atoms with Crippen LogP contribution >= 0.6 is 11.6 Å². The zero-order valence-corrected chi connectivity index (χ0v) is 12.4. The van der Waals surface area contributed by atoms with Crippen molar-refractivity contribution in [2.45, 2.75) is 24.8 Å². The molecule has 2 aromatic heterocycles. The number of hydrogen-bond donors (Lipinski definition) is 0. The first-order chi connectivity index (χ1) is 8.98. The van der Waals surface area contributed by atoms with Crippen LogP contribution in [0.3, 0.4) is 0 Å². The monoisotopic (exact) mass is 301 g/mol. The van der Waals surface area contributed by atoms with Gasteiger partial charge < -0.3 is 0 Å². The summed E-state index contributed by atoms with van der Waals surface area (Å²) in [5, 5.41) is 0.0397. The number of pyridine rings is 1. The van der Waals surface area contributed by atoms with Gasteiger partial charge in [0, 0.05) is 19.8 Å². The van der Waals surface area contributed by atoms with E-state index in [1.54, 1.807) is 31.4 Å². The number of hydrogen-bond acceptors (Lipinski definition) is 3. The van der Waals surface area contributed by atoms with Crippen LogP contribution in [0, 0.1) is 0 Å². The topological polar surface area (TPSA) is 54.7 Å². The summed E-state index contributed by atoms with van der Waals surface area (Å²) >= 11 is 5.99. The van der Waals surface area contributed by atoms with Gasteiger partial charge in [-0.15, -0.1) is 0 Å². The van der Waals surface area contributed by atoms with Crippen LogP contribution in [0.2, 0.25) is 5.15 Å². The van der Waals surface area contributed by atoms with Crippen molar-refractivity contribution < 1.29 is 8.42 Å². The number of nitrogens with zero attached hydrogens (tertiary/aromatic N) is 3. The van der Waals surface area contributed by atoms with Gasteiger partial charge >= 0.3 is 0 Å². The van der Waals surface area contributed by atoms with Crippen LogP contribution < -0.4 is 0 Å². The van der Waals surface area contributed by atoms with Gasteiger partial charge in [-0.25, -0.2) is 13.4 Å². The molecule has 2 rings (SSSR count). The molecule has 0 aliphatic heterocycles. The van der Waals surface area contributed by atoms with E-state index in [1.807, 2.05) is 6.92 Å². The Hall–Kier alpha value is -1.11. The highest BCUT2D eigenvalue weighted by Gasteiger charge is 2.28. The number of aromatic nitrogens is 2. The molecule has 0 N–H and O–H groups in total. The molecule has 19 heavy (non-hydrogen) atoms. The van der Waals surface area contributed by atoms with Crippen LogP contribution in [0.5, 0.6) is 0 Å². The van der Waals surface area contributed by atoms with E-state index < -0.39 is 10.0 Å². The summed E-state index contributed by atoms with van der Waals surface area (Å²) in [7, 11) is -2.06. The minimum atomic E-state index is -3.62. The van der Waals surface area contributed by atoms with Crippen molar-refractivity contribution in [1.82, 2.24) is 13.7 Å². The maximum atomic E-state index is 12.5. The molecule has 0 amide bonds. The van der Waals surface area contributed by atoms with E-state index in [4.69, 9.17) is 11.6 Å². The van der Waals surface area contributed by atoms with Crippen LogP contribution in [0.1, 0.15) is 19.8 Å². The van der Waals surface area contributed by atoms with Gasteiger partial charge in [-0.1, -0.05) is 31.0 Å². The molecule has 5 nitrogen and oxygen atoms in total. The molecule has 0 spiro atoms. The van der Waals surface area contributed by atoms with Gasteiger partial charge in [0.2, 0.25) is 0 Å². The highest BCUT2D eigenvalue weighted by Crippen LogP contribution is 2.25. The fourth-order valence-corrected chi connectivity index (χ4v) is 3.62. The van der Waals surface area contributed by atoms with Crippen LogP contribution in [-0.4, -0.2) is 35.7 Å². The molecular weight excluding hydrogens is 286 g/mol. The molecule has 0 atom stereocenters. The average Bonchev–Trinajstić information content (AvgIpc) is 2.72. The van der Waals surface area contributed by atoms with Gasteiger partial charge in [-0.3, -0.25) is 4.40 Å². The van der Waals surface area contributed by atoms with Crippen molar-refractivity contribution in [3.63, 3.8) is 0 Å². The molecule has 0 saturated heterocycles. The summed E-state index contributed by atoms with van der Waals surface area (Å²) in [6, 6.07) is 5.25. The molecule has 7 heteroatoms. The minimum Gasteiger partial charge on any atom is -0.288 e. The van der Waals surface area contributed by atoms with Gasteiger partial charge in [0.15, 0.2) is 10.2 Å². The van der Waals surface area contributed by atoms with Crippen molar-refractivity contribution in [3.05, 3.63) is 29.5 Å². The Morgan fingerprint density at radius 2 is 2.16 bits per heavy atom. The lowest BCUT2D eigenvalue weighted by Gasteiger charge is -2.16. The minimum absolute atomic E-state index is 0.00884. The number of imidazole rings is 1. The third kappa shape index (κ3) is 2.61. The standard InChI is InChI=1S/C12H16ClN3O2S/c1-3-4-8-15(2)19(17,18)12-11(13)14-10-7-5-6-9-16(10)12/h5-7,9H,3-4,8H2,1-2H3. The molecule has 0 aromatic carbocycles. The number of fused-ring (bicyclic) bond motifs is 1. The Kier molecular flexibility index (Phi) is 4.13. The van der Waals surface area contributed by atoms with Crippen molar-refractivity contribution in [3.8, 4) is 0 Å². The van der Waals surface area contributed by atoms with Gasteiger partial charge in [0.05, 0.1) is 0 Å². The number of unbranched alkanes of at least 4 members (excludes halogenated alkanes) is 1. The molecule has 2 heterocycles. The molecule has 0 aliphatic carbocycles. The smallest absolute Gasteiger partial charge is 0.262 e. The number of rotatable bonds is 5. The first-order valence-electron chi connectivity index (χ1n) is 6.07. The van der Waals surface area contributed by atoms with E-state index in [9.17, 15) is 8.42 Å². The zero-order chi connectivity index (χ0) is 14.0. The maximum Gasteiger partial charge on any atom is 0.262 e. The summed E-state index contributed by atoms with van der Waals surface area (Å²) in [5.74, 6) is 0. The normalized spacial score (nSPS) is 12.4. The van der Waals surface area contributed by atoms with Crippen molar-refractivity contribution in [2.75, 3.05) is 13.6 Å². The molecule has 104 valence electrons. The second-order valence-corrected chi connectivity index (χ2v) is 6.63. The predicted octanol–water partition coefficient (Wildman–Crippen LogP) is 2.41. The Bertz CT molecular complexity index is 681. The fourth-order valence-electron chi connectivity index (χ4n) is 1.82. The molecule has 0 aliphatic rings. The lowest BCUT2D eigenvalue weighted by molar-refractivity contribution is 0.456. The first kappa shape index (κ1) is 14.3. The first-order valence-corrected chi connectivity index (χ1v) is 7.89. The average molecular weight is 302 g/mol. The lowest BCUT2D eigenvalue weighted by Crippen LogP contribution is -2.29. The molecular formula is C12H16ClN3O2S. The molecule has 2 aromatic rings. The van der Waals surface area contributed by atoms with E-state index in [-0.39, 0.29) is 10.2 Å². The Labute approximate surface area is 117 Å². The van der Waals surface area contributed by atoms with Gasteiger partial charge in [0.25, 0.3) is 10.0 Å². The summed E-state index contributed by atoms with van der Waals surface area (Å²) in [6.07, 6.45) is 3.39. The van der Waals surface area contributed by atoms with Crippen LogP contribution in [0.25, 0.3) is 5.65 Å². The van der Waals surface area contributed by atoms with Gasteiger partial charge in [-0.2, -0.15) is 4.31 Å². The molecule has 0 fully saturated rings.